The van der Waals surface area contributed by atoms with Crippen molar-refractivity contribution in [1.29, 1.82) is 0 Å². The molecular formula is C22H19F2NO4S. The minimum absolute atomic E-state index is 0.00563. The van der Waals surface area contributed by atoms with Gasteiger partial charge in [-0.25, -0.2) is 8.42 Å². The number of hydrogen-bond acceptors (Lipinski definition) is 4. The van der Waals surface area contributed by atoms with Gasteiger partial charge in [0.2, 0.25) is 10.0 Å². The van der Waals surface area contributed by atoms with Gasteiger partial charge in [0.15, 0.2) is 5.78 Å². The van der Waals surface area contributed by atoms with E-state index in [2.05, 4.69) is 9.46 Å². The van der Waals surface area contributed by atoms with Crippen molar-refractivity contribution in [3.05, 3.63) is 95.6 Å². The van der Waals surface area contributed by atoms with Crippen molar-refractivity contribution in [2.24, 2.45) is 0 Å². The van der Waals surface area contributed by atoms with Crippen molar-refractivity contribution < 1.29 is 26.7 Å². The Morgan fingerprint density at radius 1 is 0.867 bits per heavy atom. The maximum Gasteiger partial charge on any atom is 0.387 e. The van der Waals surface area contributed by atoms with E-state index in [-0.39, 0.29) is 16.4 Å². The van der Waals surface area contributed by atoms with E-state index in [1.807, 2.05) is 0 Å². The molecular weight excluding hydrogens is 412 g/mol. The van der Waals surface area contributed by atoms with Gasteiger partial charge in [-0.2, -0.15) is 13.5 Å². The van der Waals surface area contributed by atoms with Crippen molar-refractivity contribution in [1.82, 2.24) is 4.72 Å². The highest BCUT2D eigenvalue weighted by molar-refractivity contribution is 7.89. The molecule has 3 aromatic rings. The maximum absolute atomic E-state index is 13.0. The van der Waals surface area contributed by atoms with Crippen molar-refractivity contribution in [3.8, 4) is 5.75 Å². The molecule has 8 heteroatoms. The molecule has 1 N–H and O–H groups in total. The highest BCUT2D eigenvalue weighted by atomic mass is 32.2. The lowest BCUT2D eigenvalue weighted by Gasteiger charge is -2.20. The largest absolute Gasteiger partial charge is 0.435 e. The van der Waals surface area contributed by atoms with Crippen LogP contribution in [0.4, 0.5) is 8.78 Å². The van der Waals surface area contributed by atoms with Crippen LogP contribution in [0.15, 0.2) is 83.8 Å². The normalized spacial score (nSPS) is 12.5. The average molecular weight is 431 g/mol. The molecule has 0 fully saturated rings. The molecule has 5 nitrogen and oxygen atoms in total. The summed E-state index contributed by atoms with van der Waals surface area (Å²) in [5.74, 6) is -0.191. The summed E-state index contributed by atoms with van der Waals surface area (Å²) in [6, 6.07) is 19.5. The van der Waals surface area contributed by atoms with Crippen LogP contribution in [-0.4, -0.2) is 20.8 Å². The molecule has 3 aromatic carbocycles. The van der Waals surface area contributed by atoms with E-state index in [9.17, 15) is 22.0 Å². The Hall–Kier alpha value is -3.10. The molecule has 0 aliphatic carbocycles. The Labute approximate surface area is 173 Å². The van der Waals surface area contributed by atoms with E-state index in [0.717, 1.165) is 0 Å². The molecule has 0 saturated carbocycles. The lowest BCUT2D eigenvalue weighted by atomic mass is 10.00. The number of rotatable bonds is 8. The number of ketones is 1. The molecule has 0 amide bonds. The molecule has 0 heterocycles. The fraction of sp³-hybridized carbons (Fsp3) is 0.136. The average Bonchev–Trinajstić information content (AvgIpc) is 2.73. The van der Waals surface area contributed by atoms with E-state index >= 15 is 0 Å². The third-order valence-electron chi connectivity index (χ3n) is 4.42. The minimum atomic E-state index is -3.94. The summed E-state index contributed by atoms with van der Waals surface area (Å²) in [4.78, 5) is 11.4. The summed E-state index contributed by atoms with van der Waals surface area (Å²) in [6.07, 6.45) is 0. The smallest absolute Gasteiger partial charge is 0.387 e. The van der Waals surface area contributed by atoms with E-state index < -0.39 is 22.7 Å². The number of nitrogens with one attached hydrogen (secondary N) is 1. The zero-order chi connectivity index (χ0) is 21.7. The lowest BCUT2D eigenvalue weighted by Crippen LogP contribution is -2.29. The van der Waals surface area contributed by atoms with Crippen molar-refractivity contribution in [2.75, 3.05) is 0 Å². The molecule has 0 saturated heterocycles. The molecule has 0 spiro atoms. The molecule has 30 heavy (non-hydrogen) atoms. The van der Waals surface area contributed by atoms with Crippen LogP contribution in [0.25, 0.3) is 0 Å². The predicted molar refractivity (Wildman–Crippen MR) is 108 cm³/mol. The fourth-order valence-electron chi connectivity index (χ4n) is 2.91. The first-order valence-corrected chi connectivity index (χ1v) is 10.5. The molecule has 156 valence electrons. The van der Waals surface area contributed by atoms with E-state index in [1.54, 1.807) is 30.3 Å². The summed E-state index contributed by atoms with van der Waals surface area (Å²) >= 11 is 0. The third-order valence-corrected chi connectivity index (χ3v) is 5.85. The van der Waals surface area contributed by atoms with Crippen LogP contribution >= 0.6 is 0 Å². The third kappa shape index (κ3) is 5.28. The SMILES string of the molecule is CC(=O)c1ccc(S(=O)(=O)NC(c2ccccc2)c2ccc(OC(F)F)cc2)cc1. The zero-order valence-corrected chi connectivity index (χ0v) is 16.8. The first kappa shape index (κ1) is 21.6. The number of alkyl halides is 2. The second kappa shape index (κ2) is 9.15. The number of ether oxygens (including phenoxy) is 1. The number of benzene rings is 3. The Balaban J connectivity index is 1.94. The Bertz CT molecular complexity index is 1100. The van der Waals surface area contributed by atoms with Crippen LogP contribution in [0.3, 0.4) is 0 Å². The second-order valence-corrected chi connectivity index (χ2v) is 8.21. The first-order chi connectivity index (χ1) is 14.3. The second-order valence-electron chi connectivity index (χ2n) is 6.49. The van der Waals surface area contributed by atoms with Crippen LogP contribution in [0.1, 0.15) is 34.5 Å². The van der Waals surface area contributed by atoms with Gasteiger partial charge in [-0.1, -0.05) is 54.6 Å². The first-order valence-electron chi connectivity index (χ1n) is 8.99. The van der Waals surface area contributed by atoms with Gasteiger partial charge in [-0.3, -0.25) is 4.79 Å². The van der Waals surface area contributed by atoms with Crippen LogP contribution in [0.2, 0.25) is 0 Å². The number of sulfonamides is 1. The molecule has 1 atom stereocenters. The molecule has 1 unspecified atom stereocenters. The molecule has 0 aromatic heterocycles. The van der Waals surface area contributed by atoms with Gasteiger partial charge in [0, 0.05) is 5.56 Å². The number of halogens is 2. The van der Waals surface area contributed by atoms with Crippen LogP contribution < -0.4 is 9.46 Å². The number of hydrogen-bond donors (Lipinski definition) is 1. The summed E-state index contributed by atoms with van der Waals surface area (Å²) in [5.41, 5.74) is 1.62. The molecule has 3 rings (SSSR count). The van der Waals surface area contributed by atoms with Gasteiger partial charge >= 0.3 is 6.61 Å². The number of carbonyl (C=O) groups is 1. The standard InChI is InChI=1S/C22H19F2NO4S/c1-15(26)16-9-13-20(14-10-16)30(27,28)25-21(17-5-3-2-4-6-17)18-7-11-19(12-8-18)29-22(23)24/h2-14,21-22,25H,1H3. The van der Waals surface area contributed by atoms with Crippen LogP contribution in [-0.2, 0) is 10.0 Å². The van der Waals surface area contributed by atoms with E-state index in [4.69, 9.17) is 0 Å². The van der Waals surface area contributed by atoms with Gasteiger partial charge < -0.3 is 4.74 Å². The topological polar surface area (TPSA) is 72.5 Å². The summed E-state index contributed by atoms with van der Waals surface area (Å²) < 4.78 is 57.7. The molecule has 0 aliphatic heterocycles. The van der Waals surface area contributed by atoms with Crippen LogP contribution in [0.5, 0.6) is 5.75 Å². The van der Waals surface area contributed by atoms with Crippen molar-refractivity contribution in [3.63, 3.8) is 0 Å². The Morgan fingerprint density at radius 3 is 1.97 bits per heavy atom. The van der Waals surface area contributed by atoms with Crippen LogP contribution in [0, 0.1) is 0 Å². The monoisotopic (exact) mass is 431 g/mol. The number of carbonyl (C=O) groups excluding carboxylic acids is 1. The number of Topliss-reactive ketones (excluding diaryl/α,β-unsaturated/α-hetero) is 1. The fourth-order valence-corrected chi connectivity index (χ4v) is 4.12. The summed E-state index contributed by atoms with van der Waals surface area (Å²) in [6.45, 7) is -1.55. The predicted octanol–water partition coefficient (Wildman–Crippen LogP) is 4.56. The quantitative estimate of drug-likeness (QED) is 0.531. The zero-order valence-electron chi connectivity index (χ0n) is 16.0. The summed E-state index contributed by atoms with van der Waals surface area (Å²) in [7, 11) is -3.94. The lowest BCUT2D eigenvalue weighted by molar-refractivity contribution is -0.0498. The van der Waals surface area contributed by atoms with E-state index in [1.165, 1.54) is 55.5 Å². The molecule has 0 radical (unpaired) electrons. The van der Waals surface area contributed by atoms with E-state index in [0.29, 0.717) is 16.7 Å². The highest BCUT2D eigenvalue weighted by Gasteiger charge is 2.23. The van der Waals surface area contributed by atoms with Gasteiger partial charge in [0.1, 0.15) is 5.75 Å². The minimum Gasteiger partial charge on any atom is -0.435 e. The van der Waals surface area contributed by atoms with Gasteiger partial charge in [-0.15, -0.1) is 0 Å². The van der Waals surface area contributed by atoms with Gasteiger partial charge in [0.25, 0.3) is 0 Å². The molecule has 0 bridgehead atoms. The molecule has 0 aliphatic rings. The van der Waals surface area contributed by atoms with Crippen molar-refractivity contribution in [2.45, 2.75) is 24.5 Å². The van der Waals surface area contributed by atoms with Gasteiger partial charge in [-0.05, 0) is 42.3 Å². The Kier molecular flexibility index (Phi) is 6.59. The van der Waals surface area contributed by atoms with Crippen molar-refractivity contribution >= 4 is 15.8 Å². The van der Waals surface area contributed by atoms with Gasteiger partial charge in [0.05, 0.1) is 10.9 Å². The highest BCUT2D eigenvalue weighted by Crippen LogP contribution is 2.27. The maximum atomic E-state index is 13.0. The summed E-state index contributed by atoms with van der Waals surface area (Å²) in [5, 5.41) is 0. The Morgan fingerprint density at radius 2 is 1.43 bits per heavy atom.